The number of ether oxygens (including phenoxy) is 5. The van der Waals surface area contributed by atoms with Crippen molar-refractivity contribution < 1.29 is 23.7 Å². The van der Waals surface area contributed by atoms with Crippen molar-refractivity contribution >= 4 is 16.8 Å². The fraction of sp³-hybridized carbons (Fsp3) is 0.455. The number of para-hydroxylation sites is 1. The van der Waals surface area contributed by atoms with E-state index in [9.17, 15) is 0 Å². The Balaban J connectivity index is 1.09. The van der Waals surface area contributed by atoms with E-state index in [0.717, 1.165) is 34.5 Å². The third-order valence-corrected chi connectivity index (χ3v) is 5.02. The zero-order chi connectivity index (χ0) is 20.7. The molecule has 0 aliphatic carbocycles. The van der Waals surface area contributed by atoms with Crippen molar-refractivity contribution in [2.75, 3.05) is 65.2 Å². The highest BCUT2D eigenvalue weighted by Crippen LogP contribution is 2.19. The summed E-state index contributed by atoms with van der Waals surface area (Å²) >= 11 is 1.74. The summed E-state index contributed by atoms with van der Waals surface area (Å²) in [5.41, 5.74) is 0.908. The molecule has 162 valence electrons. The third kappa shape index (κ3) is 8.71. The number of hydrogen-bond donors (Lipinski definition) is 0. The minimum absolute atomic E-state index is 0.473. The van der Waals surface area contributed by atoms with E-state index in [-0.39, 0.29) is 0 Å². The lowest BCUT2D eigenvalue weighted by Crippen LogP contribution is -2.14. The van der Waals surface area contributed by atoms with E-state index in [1.165, 1.54) is 0 Å². The van der Waals surface area contributed by atoms with Crippen LogP contribution in [0.5, 0.6) is 11.5 Å². The Kier molecular flexibility index (Phi) is 10.5. The molecule has 1 aromatic heterocycles. The van der Waals surface area contributed by atoms with Gasteiger partial charge in [-0.05, 0) is 24.3 Å². The third-order valence-electron chi connectivity index (χ3n) is 4.02. The zero-order valence-corrected chi connectivity index (χ0v) is 17.9. The van der Waals surface area contributed by atoms with Gasteiger partial charge in [-0.2, -0.15) is 0 Å². The Hall–Kier alpha value is -2.13. The summed E-state index contributed by atoms with van der Waals surface area (Å²) in [4.78, 5) is 8.81. The van der Waals surface area contributed by atoms with Gasteiger partial charge in [-0.15, -0.1) is 11.8 Å². The zero-order valence-electron chi connectivity index (χ0n) is 17.0. The molecule has 0 saturated carbocycles. The van der Waals surface area contributed by atoms with E-state index in [4.69, 9.17) is 23.7 Å². The van der Waals surface area contributed by atoms with Gasteiger partial charge in [-0.1, -0.05) is 18.2 Å². The number of benzene rings is 1. The summed E-state index contributed by atoms with van der Waals surface area (Å²) in [6.45, 7) is 5.03. The maximum Gasteiger partial charge on any atom is 0.137 e. The van der Waals surface area contributed by atoms with Gasteiger partial charge in [-0.25, -0.2) is 0 Å². The fourth-order valence-corrected chi connectivity index (χ4v) is 3.40. The number of pyridine rings is 1. The number of thioether (sulfide) groups is 1. The van der Waals surface area contributed by atoms with Crippen LogP contribution in [0.15, 0.2) is 53.7 Å². The maximum atomic E-state index is 5.63. The van der Waals surface area contributed by atoms with Gasteiger partial charge in [0, 0.05) is 12.3 Å². The number of rotatable bonds is 15. The van der Waals surface area contributed by atoms with Gasteiger partial charge in [0.25, 0.3) is 0 Å². The highest BCUT2D eigenvalue weighted by molar-refractivity contribution is 8.14. The van der Waals surface area contributed by atoms with Gasteiger partial charge in [-0.3, -0.25) is 9.98 Å². The van der Waals surface area contributed by atoms with E-state index < -0.39 is 0 Å². The molecular weight excluding hydrogens is 404 g/mol. The number of hydrogen-bond acceptors (Lipinski definition) is 8. The van der Waals surface area contributed by atoms with E-state index in [1.54, 1.807) is 18.0 Å². The lowest BCUT2D eigenvalue weighted by Gasteiger charge is -2.09. The van der Waals surface area contributed by atoms with Crippen LogP contribution in [0.1, 0.15) is 5.69 Å². The van der Waals surface area contributed by atoms with Crippen LogP contribution in [0, 0.1) is 0 Å². The standard InChI is InChI=1S/C22H28N2O5S/c1-2-4-19(5-3-1)28-15-13-26-11-9-25-10-12-27-14-16-29-20-6-7-21(24-18-20)22-23-8-17-30-22/h1-7,18H,8-17H2. The predicted octanol–water partition coefficient (Wildman–Crippen LogP) is 3.08. The van der Waals surface area contributed by atoms with Crippen molar-refractivity contribution in [2.45, 2.75) is 0 Å². The first-order valence-corrected chi connectivity index (χ1v) is 11.1. The molecule has 0 N–H and O–H groups in total. The first kappa shape index (κ1) is 22.6. The highest BCUT2D eigenvalue weighted by Gasteiger charge is 2.10. The summed E-state index contributed by atoms with van der Waals surface area (Å²) in [5, 5.41) is 1.01. The lowest BCUT2D eigenvalue weighted by atomic mass is 10.3. The van der Waals surface area contributed by atoms with Crippen LogP contribution in [-0.2, 0) is 14.2 Å². The lowest BCUT2D eigenvalue weighted by molar-refractivity contribution is 0.00497. The van der Waals surface area contributed by atoms with Gasteiger partial charge in [0.05, 0.1) is 51.5 Å². The molecule has 30 heavy (non-hydrogen) atoms. The normalized spacial score (nSPS) is 13.3. The van der Waals surface area contributed by atoms with Crippen LogP contribution in [0.2, 0.25) is 0 Å². The van der Waals surface area contributed by atoms with E-state index in [1.807, 2.05) is 42.5 Å². The summed E-state index contributed by atoms with van der Waals surface area (Å²) in [5.74, 6) is 2.62. The average molecular weight is 433 g/mol. The van der Waals surface area contributed by atoms with Crippen molar-refractivity contribution in [2.24, 2.45) is 4.99 Å². The van der Waals surface area contributed by atoms with Crippen molar-refractivity contribution in [3.8, 4) is 11.5 Å². The molecule has 0 saturated heterocycles. The van der Waals surface area contributed by atoms with Gasteiger partial charge in [0.15, 0.2) is 0 Å². The van der Waals surface area contributed by atoms with Crippen LogP contribution < -0.4 is 9.47 Å². The number of aromatic nitrogens is 1. The average Bonchev–Trinajstić information content (AvgIpc) is 3.33. The minimum atomic E-state index is 0.473. The van der Waals surface area contributed by atoms with Gasteiger partial charge in [0.2, 0.25) is 0 Å². The molecule has 1 aromatic carbocycles. The second kappa shape index (κ2) is 14.0. The fourth-order valence-electron chi connectivity index (χ4n) is 2.58. The highest BCUT2D eigenvalue weighted by atomic mass is 32.2. The summed E-state index contributed by atoms with van der Waals surface area (Å²) in [7, 11) is 0. The monoisotopic (exact) mass is 432 g/mol. The molecule has 2 aromatic rings. The molecule has 7 nitrogen and oxygen atoms in total. The molecule has 1 aliphatic rings. The molecule has 0 unspecified atom stereocenters. The predicted molar refractivity (Wildman–Crippen MR) is 118 cm³/mol. The first-order valence-electron chi connectivity index (χ1n) is 10.1. The molecule has 3 rings (SSSR count). The van der Waals surface area contributed by atoms with Gasteiger partial charge >= 0.3 is 0 Å². The van der Waals surface area contributed by atoms with Crippen molar-refractivity contribution in [1.29, 1.82) is 0 Å². The Morgan fingerprint density at radius 1 is 0.700 bits per heavy atom. The molecule has 0 radical (unpaired) electrons. The van der Waals surface area contributed by atoms with Crippen LogP contribution in [0.4, 0.5) is 0 Å². The van der Waals surface area contributed by atoms with E-state index >= 15 is 0 Å². The molecule has 8 heteroatoms. The molecule has 2 heterocycles. The molecule has 0 spiro atoms. The van der Waals surface area contributed by atoms with Crippen molar-refractivity contribution in [1.82, 2.24) is 4.98 Å². The van der Waals surface area contributed by atoms with Crippen molar-refractivity contribution in [3.63, 3.8) is 0 Å². The SMILES string of the molecule is c1ccc(OCCOCCOCCOCCOc2ccc(C3=NCCS3)nc2)cc1. The van der Waals surface area contributed by atoms with Crippen LogP contribution in [0.25, 0.3) is 0 Å². The number of nitrogens with zero attached hydrogens (tertiary/aromatic N) is 2. The number of aliphatic imine (C=N–C) groups is 1. The topological polar surface area (TPSA) is 71.4 Å². The van der Waals surface area contributed by atoms with Crippen LogP contribution in [-0.4, -0.2) is 75.2 Å². The summed E-state index contributed by atoms with van der Waals surface area (Å²) in [6, 6.07) is 13.5. The largest absolute Gasteiger partial charge is 0.491 e. The van der Waals surface area contributed by atoms with E-state index in [0.29, 0.717) is 52.9 Å². The Labute approximate surface area is 181 Å². The van der Waals surface area contributed by atoms with Crippen molar-refractivity contribution in [3.05, 3.63) is 54.4 Å². The smallest absolute Gasteiger partial charge is 0.137 e. The molecule has 0 fully saturated rings. The quantitative estimate of drug-likeness (QED) is 0.401. The minimum Gasteiger partial charge on any atom is -0.491 e. The Bertz CT molecular complexity index is 743. The Morgan fingerprint density at radius 2 is 1.33 bits per heavy atom. The molecule has 1 aliphatic heterocycles. The van der Waals surface area contributed by atoms with Gasteiger partial charge < -0.3 is 23.7 Å². The molecule has 0 bridgehead atoms. The Morgan fingerprint density at radius 3 is 1.90 bits per heavy atom. The maximum absolute atomic E-state index is 5.63. The first-order chi connectivity index (χ1) is 14.9. The van der Waals surface area contributed by atoms with E-state index in [2.05, 4.69) is 9.98 Å². The second-order valence-electron chi connectivity index (χ2n) is 6.26. The van der Waals surface area contributed by atoms with Gasteiger partial charge in [0.1, 0.15) is 29.8 Å². The van der Waals surface area contributed by atoms with Crippen LogP contribution >= 0.6 is 11.8 Å². The summed E-state index contributed by atoms with van der Waals surface area (Å²) in [6.07, 6.45) is 1.73. The van der Waals surface area contributed by atoms with Crippen LogP contribution in [0.3, 0.4) is 0 Å². The molecular formula is C22H28N2O5S. The molecule has 0 amide bonds. The summed E-state index contributed by atoms with van der Waals surface area (Å²) < 4.78 is 27.6. The second-order valence-corrected chi connectivity index (χ2v) is 7.35. The molecule has 0 atom stereocenters.